The molecule has 2 heteroatoms. The first kappa shape index (κ1) is 31.2. The standard InChI is InChI=1S/C55H33NS/c1-2-10-34(11-3-1)35-20-25-38(26-21-35)56(40-29-31-52-48(33-40)43-13-5-7-19-51(43)57-52)39-27-22-36(23-28-39)37-24-30-42-45-15-9-17-47-46-16-8-14-44-41-12-4-6-18-49(41)55(53(44)46,54(45)47)50(42)32-37/h1-33H. The molecule has 1 nitrogen and oxygen atoms in total. The summed E-state index contributed by atoms with van der Waals surface area (Å²) < 4.78 is 2.63. The molecule has 3 aliphatic rings. The summed E-state index contributed by atoms with van der Waals surface area (Å²) in [6.07, 6.45) is 0. The molecule has 0 fully saturated rings. The van der Waals surface area contributed by atoms with Gasteiger partial charge in [0.15, 0.2) is 0 Å². The molecule has 0 aliphatic heterocycles. The van der Waals surface area contributed by atoms with E-state index in [9.17, 15) is 0 Å². The summed E-state index contributed by atoms with van der Waals surface area (Å²) >= 11 is 1.86. The Morgan fingerprint density at radius 1 is 0.316 bits per heavy atom. The van der Waals surface area contributed by atoms with Gasteiger partial charge in [-0.2, -0.15) is 0 Å². The molecule has 0 radical (unpaired) electrons. The maximum Gasteiger partial charge on any atom is 0.0737 e. The second kappa shape index (κ2) is 11.5. The Morgan fingerprint density at radius 2 is 0.825 bits per heavy atom. The summed E-state index contributed by atoms with van der Waals surface area (Å²) in [6.45, 7) is 0. The van der Waals surface area contributed by atoms with Crippen LogP contribution in [0.2, 0.25) is 0 Å². The van der Waals surface area contributed by atoms with Crippen LogP contribution in [-0.4, -0.2) is 0 Å². The molecular formula is C55H33NS. The first-order valence-corrected chi connectivity index (χ1v) is 20.6. The highest BCUT2D eigenvalue weighted by molar-refractivity contribution is 7.25. The van der Waals surface area contributed by atoms with E-state index in [1.165, 1.54) is 98.1 Å². The molecule has 1 spiro atoms. The molecule has 1 atom stereocenters. The van der Waals surface area contributed by atoms with Crippen LogP contribution in [0.1, 0.15) is 22.3 Å². The summed E-state index contributed by atoms with van der Waals surface area (Å²) in [5.41, 5.74) is 22.0. The molecule has 0 N–H and O–H groups in total. The van der Waals surface area contributed by atoms with Gasteiger partial charge in [-0.15, -0.1) is 11.3 Å². The zero-order valence-electron chi connectivity index (χ0n) is 30.9. The Bertz CT molecular complexity index is 3250. The highest BCUT2D eigenvalue weighted by Crippen LogP contribution is 2.70. The number of anilines is 3. The Hall–Kier alpha value is -7.00. The minimum Gasteiger partial charge on any atom is -0.310 e. The zero-order valence-corrected chi connectivity index (χ0v) is 31.7. The fourth-order valence-electron chi connectivity index (χ4n) is 10.5. The van der Waals surface area contributed by atoms with Crippen LogP contribution in [0, 0.1) is 0 Å². The summed E-state index contributed by atoms with van der Waals surface area (Å²) in [6, 6.07) is 74.6. The lowest BCUT2D eigenvalue weighted by Gasteiger charge is -2.28. The van der Waals surface area contributed by atoms with Gasteiger partial charge in [0.2, 0.25) is 0 Å². The normalized spacial score (nSPS) is 15.1. The number of hydrogen-bond acceptors (Lipinski definition) is 2. The highest BCUT2D eigenvalue weighted by atomic mass is 32.1. The van der Waals surface area contributed by atoms with E-state index in [-0.39, 0.29) is 5.41 Å². The third-order valence-corrected chi connectivity index (χ3v) is 14.0. The lowest BCUT2D eigenvalue weighted by Crippen LogP contribution is -2.23. The lowest BCUT2D eigenvalue weighted by atomic mass is 9.73. The molecule has 0 saturated carbocycles. The maximum absolute atomic E-state index is 2.50. The van der Waals surface area contributed by atoms with Gasteiger partial charge in [0.1, 0.15) is 0 Å². The minimum atomic E-state index is -0.285. The van der Waals surface area contributed by atoms with Crippen molar-refractivity contribution in [3.8, 4) is 55.6 Å². The second-order valence-corrected chi connectivity index (χ2v) is 16.7. The number of hydrogen-bond donors (Lipinski definition) is 0. The third-order valence-electron chi connectivity index (χ3n) is 12.8. The van der Waals surface area contributed by atoms with Crippen molar-refractivity contribution in [1.29, 1.82) is 0 Å². The number of fused-ring (bicyclic) bond motifs is 8. The van der Waals surface area contributed by atoms with Crippen LogP contribution in [0.4, 0.5) is 17.1 Å². The molecule has 1 aromatic heterocycles. The molecule has 13 rings (SSSR count). The average Bonchev–Trinajstić information content (AvgIpc) is 3.99. The topological polar surface area (TPSA) is 3.24 Å². The van der Waals surface area contributed by atoms with Gasteiger partial charge < -0.3 is 4.90 Å². The van der Waals surface area contributed by atoms with Crippen molar-refractivity contribution in [1.82, 2.24) is 0 Å². The van der Waals surface area contributed by atoms with Crippen LogP contribution >= 0.6 is 11.3 Å². The van der Waals surface area contributed by atoms with Crippen LogP contribution in [0.25, 0.3) is 75.8 Å². The van der Waals surface area contributed by atoms with Gasteiger partial charge in [-0.3, -0.25) is 0 Å². The number of benzene rings is 9. The zero-order chi connectivity index (χ0) is 37.2. The monoisotopic (exact) mass is 739 g/mol. The van der Waals surface area contributed by atoms with Crippen LogP contribution in [0.5, 0.6) is 0 Å². The molecule has 9 aromatic carbocycles. The molecular weight excluding hydrogens is 707 g/mol. The predicted molar refractivity (Wildman–Crippen MR) is 240 cm³/mol. The van der Waals surface area contributed by atoms with Crippen molar-refractivity contribution in [2.24, 2.45) is 0 Å². The van der Waals surface area contributed by atoms with Crippen molar-refractivity contribution in [3.05, 3.63) is 222 Å². The van der Waals surface area contributed by atoms with Crippen LogP contribution in [-0.2, 0) is 5.41 Å². The summed E-state index contributed by atoms with van der Waals surface area (Å²) in [4.78, 5) is 2.40. The highest BCUT2D eigenvalue weighted by Gasteiger charge is 2.57. The van der Waals surface area contributed by atoms with E-state index < -0.39 is 0 Å². The van der Waals surface area contributed by atoms with E-state index in [1.807, 2.05) is 11.3 Å². The van der Waals surface area contributed by atoms with Crippen molar-refractivity contribution in [2.45, 2.75) is 5.41 Å². The second-order valence-electron chi connectivity index (χ2n) is 15.6. The molecule has 1 unspecified atom stereocenters. The van der Waals surface area contributed by atoms with Gasteiger partial charge >= 0.3 is 0 Å². The van der Waals surface area contributed by atoms with Crippen LogP contribution in [0.15, 0.2) is 200 Å². The van der Waals surface area contributed by atoms with Crippen LogP contribution < -0.4 is 4.90 Å². The first-order chi connectivity index (χ1) is 28.3. The number of thiophene rings is 1. The molecule has 264 valence electrons. The van der Waals surface area contributed by atoms with Gasteiger partial charge in [-0.25, -0.2) is 0 Å². The SMILES string of the molecule is c1ccc(-c2ccc(N(c3ccc(-c4ccc5c(c4)C46c7ccccc7-c7cccc(c74)-c4cccc-5c46)cc3)c3ccc4sc5ccccc5c4c3)cc2)cc1. The van der Waals surface area contributed by atoms with Crippen molar-refractivity contribution >= 4 is 48.6 Å². The third kappa shape index (κ3) is 4.18. The van der Waals surface area contributed by atoms with Gasteiger partial charge in [-0.05, 0) is 132 Å². The molecule has 0 saturated heterocycles. The van der Waals surface area contributed by atoms with Gasteiger partial charge in [0, 0.05) is 37.2 Å². The average molecular weight is 740 g/mol. The summed E-state index contributed by atoms with van der Waals surface area (Å²) in [7, 11) is 0. The fraction of sp³-hybridized carbons (Fsp3) is 0.0182. The maximum atomic E-state index is 2.50. The van der Waals surface area contributed by atoms with E-state index >= 15 is 0 Å². The Balaban J connectivity index is 0.947. The van der Waals surface area contributed by atoms with Crippen molar-refractivity contribution in [3.63, 3.8) is 0 Å². The molecule has 1 heterocycles. The van der Waals surface area contributed by atoms with Crippen molar-refractivity contribution in [2.75, 3.05) is 4.90 Å². The van der Waals surface area contributed by atoms with Gasteiger partial charge in [0.05, 0.1) is 5.41 Å². The quantitative estimate of drug-likeness (QED) is 0.170. The fourth-order valence-corrected chi connectivity index (χ4v) is 11.6. The Morgan fingerprint density at radius 3 is 1.54 bits per heavy atom. The molecule has 57 heavy (non-hydrogen) atoms. The van der Waals surface area contributed by atoms with Gasteiger partial charge in [-0.1, -0.05) is 146 Å². The lowest BCUT2D eigenvalue weighted by molar-refractivity contribution is 0.818. The molecule has 0 amide bonds. The largest absolute Gasteiger partial charge is 0.310 e. The molecule has 10 aromatic rings. The first-order valence-electron chi connectivity index (χ1n) is 19.8. The Kier molecular flexibility index (Phi) is 6.31. The number of rotatable bonds is 5. The van der Waals surface area contributed by atoms with Gasteiger partial charge in [0.25, 0.3) is 0 Å². The number of nitrogens with zero attached hydrogens (tertiary/aromatic N) is 1. The molecule has 0 bridgehead atoms. The minimum absolute atomic E-state index is 0.285. The van der Waals surface area contributed by atoms with Crippen molar-refractivity contribution < 1.29 is 0 Å². The van der Waals surface area contributed by atoms with E-state index in [1.54, 1.807) is 0 Å². The summed E-state index contributed by atoms with van der Waals surface area (Å²) in [5.74, 6) is 0. The van der Waals surface area contributed by atoms with E-state index in [4.69, 9.17) is 0 Å². The molecule has 3 aliphatic carbocycles. The van der Waals surface area contributed by atoms with E-state index in [0.717, 1.165) is 17.1 Å². The van der Waals surface area contributed by atoms with E-state index in [2.05, 4.69) is 205 Å². The van der Waals surface area contributed by atoms with Crippen LogP contribution in [0.3, 0.4) is 0 Å². The Labute approximate surface area is 335 Å². The predicted octanol–water partition coefficient (Wildman–Crippen LogP) is 15.2. The summed E-state index contributed by atoms with van der Waals surface area (Å²) in [5, 5.41) is 2.60. The van der Waals surface area contributed by atoms with E-state index in [0.29, 0.717) is 0 Å². The smallest absolute Gasteiger partial charge is 0.0737 e.